The lowest BCUT2D eigenvalue weighted by Gasteiger charge is -2.27. The van der Waals surface area contributed by atoms with Gasteiger partial charge in [-0.05, 0) is 20.0 Å². The van der Waals surface area contributed by atoms with Crippen molar-refractivity contribution < 1.29 is 4.79 Å². The molecule has 0 bridgehead atoms. The third-order valence-electron chi connectivity index (χ3n) is 2.66. The van der Waals surface area contributed by atoms with Gasteiger partial charge in [0, 0.05) is 18.0 Å². The van der Waals surface area contributed by atoms with Crippen LogP contribution in [-0.4, -0.2) is 42.5 Å². The first-order valence-corrected chi connectivity index (χ1v) is 6.45. The van der Waals surface area contributed by atoms with Crippen molar-refractivity contribution in [3.05, 3.63) is 11.1 Å². The van der Waals surface area contributed by atoms with Crippen molar-refractivity contribution in [2.45, 2.75) is 19.9 Å². The Bertz CT molecular complexity index is 367. The Hall–Kier alpha value is -1.14. The number of thiazole rings is 1. The maximum Gasteiger partial charge on any atom is 0.270 e. The smallest absolute Gasteiger partial charge is 0.270 e. The summed E-state index contributed by atoms with van der Waals surface area (Å²) in [6, 6.07) is 0.315. The van der Waals surface area contributed by atoms with Gasteiger partial charge in [0.25, 0.3) is 5.91 Å². The number of rotatable bonds is 5. The van der Waals surface area contributed by atoms with E-state index in [2.05, 4.69) is 29.0 Å². The quantitative estimate of drug-likeness (QED) is 0.826. The zero-order valence-electron chi connectivity index (χ0n) is 10.7. The molecule has 3 N–H and O–H groups in total. The van der Waals surface area contributed by atoms with Gasteiger partial charge in [-0.25, -0.2) is 4.98 Å². The summed E-state index contributed by atoms with van der Waals surface area (Å²) in [7, 11) is 4.02. The Kier molecular flexibility index (Phi) is 4.89. The Morgan fingerprint density at radius 3 is 2.65 bits per heavy atom. The van der Waals surface area contributed by atoms with Crippen molar-refractivity contribution in [3.8, 4) is 0 Å². The molecule has 1 aromatic rings. The number of amides is 1. The van der Waals surface area contributed by atoms with Crippen LogP contribution < -0.4 is 11.1 Å². The number of nitrogen functional groups attached to an aromatic ring is 1. The number of nitrogens with zero attached hydrogens (tertiary/aromatic N) is 2. The minimum Gasteiger partial charge on any atom is -0.375 e. The second-order valence-electron chi connectivity index (χ2n) is 4.56. The Labute approximate surface area is 106 Å². The van der Waals surface area contributed by atoms with Crippen LogP contribution in [0.3, 0.4) is 0 Å². The second kappa shape index (κ2) is 5.97. The highest BCUT2D eigenvalue weighted by Gasteiger charge is 2.17. The largest absolute Gasteiger partial charge is 0.375 e. The maximum atomic E-state index is 11.8. The predicted molar refractivity (Wildman–Crippen MR) is 71.2 cm³/mol. The molecule has 1 unspecified atom stereocenters. The molecule has 1 aromatic heterocycles. The van der Waals surface area contributed by atoms with Crippen LogP contribution in [0.4, 0.5) is 5.13 Å². The topological polar surface area (TPSA) is 71.2 Å². The summed E-state index contributed by atoms with van der Waals surface area (Å²) >= 11 is 1.28. The molecule has 0 saturated carbocycles. The third-order valence-corrected chi connectivity index (χ3v) is 3.33. The number of nitrogens with one attached hydrogen (secondary N) is 1. The van der Waals surface area contributed by atoms with Crippen LogP contribution in [0.25, 0.3) is 0 Å². The predicted octanol–water partition coefficient (Wildman–Crippen LogP) is 1.04. The van der Waals surface area contributed by atoms with Gasteiger partial charge in [-0.1, -0.05) is 13.8 Å². The summed E-state index contributed by atoms with van der Waals surface area (Å²) < 4.78 is 0. The van der Waals surface area contributed by atoms with E-state index in [0.717, 1.165) is 0 Å². The van der Waals surface area contributed by atoms with Gasteiger partial charge in [0.05, 0.1) is 0 Å². The van der Waals surface area contributed by atoms with E-state index < -0.39 is 0 Å². The fraction of sp³-hybridized carbons (Fsp3) is 0.636. The molecule has 6 heteroatoms. The highest BCUT2D eigenvalue weighted by atomic mass is 32.1. The van der Waals surface area contributed by atoms with E-state index in [1.165, 1.54) is 11.3 Å². The first kappa shape index (κ1) is 13.9. The lowest BCUT2D eigenvalue weighted by Crippen LogP contribution is -2.43. The zero-order chi connectivity index (χ0) is 13.0. The molecule has 0 aliphatic rings. The monoisotopic (exact) mass is 256 g/mol. The van der Waals surface area contributed by atoms with Crippen LogP contribution >= 0.6 is 11.3 Å². The van der Waals surface area contributed by atoms with Crippen LogP contribution in [0, 0.1) is 5.92 Å². The van der Waals surface area contributed by atoms with E-state index >= 15 is 0 Å². The number of aromatic nitrogens is 1. The molecule has 0 radical (unpaired) electrons. The van der Waals surface area contributed by atoms with E-state index in [4.69, 9.17) is 5.73 Å². The van der Waals surface area contributed by atoms with Crippen molar-refractivity contribution in [3.63, 3.8) is 0 Å². The van der Waals surface area contributed by atoms with Crippen LogP contribution in [0.1, 0.15) is 24.3 Å². The molecule has 0 aliphatic heterocycles. The first-order valence-electron chi connectivity index (χ1n) is 5.57. The van der Waals surface area contributed by atoms with Gasteiger partial charge in [-0.2, -0.15) is 0 Å². The summed E-state index contributed by atoms with van der Waals surface area (Å²) in [6.45, 7) is 4.89. The molecular formula is C11H20N4OS. The van der Waals surface area contributed by atoms with Crippen molar-refractivity contribution >= 4 is 22.4 Å². The first-order chi connectivity index (χ1) is 7.91. The highest BCUT2D eigenvalue weighted by Crippen LogP contribution is 2.11. The standard InChI is InChI=1S/C11H20N4OS/c1-7(2)9(15(3)4)5-13-10(16)8-6-17-11(12)14-8/h6-7,9H,5H2,1-4H3,(H2,12,14)(H,13,16). The molecule has 0 aliphatic carbocycles. The summed E-state index contributed by atoms with van der Waals surface area (Å²) in [4.78, 5) is 17.8. The van der Waals surface area contributed by atoms with Gasteiger partial charge >= 0.3 is 0 Å². The minimum absolute atomic E-state index is 0.162. The van der Waals surface area contributed by atoms with Crippen LogP contribution in [0.15, 0.2) is 5.38 Å². The van der Waals surface area contributed by atoms with Gasteiger partial charge in [0.2, 0.25) is 0 Å². The molecule has 5 nitrogen and oxygen atoms in total. The third kappa shape index (κ3) is 3.98. The van der Waals surface area contributed by atoms with Crippen LogP contribution in [0.2, 0.25) is 0 Å². The fourth-order valence-electron chi connectivity index (χ4n) is 1.69. The molecule has 1 atom stereocenters. The fourth-order valence-corrected chi connectivity index (χ4v) is 2.24. The van der Waals surface area contributed by atoms with Crippen LogP contribution in [0.5, 0.6) is 0 Å². The number of nitrogens with two attached hydrogens (primary N) is 1. The van der Waals surface area contributed by atoms with Crippen molar-refractivity contribution in [1.29, 1.82) is 0 Å². The number of hydrogen-bond acceptors (Lipinski definition) is 5. The second-order valence-corrected chi connectivity index (χ2v) is 5.45. The van der Waals surface area contributed by atoms with Crippen molar-refractivity contribution in [1.82, 2.24) is 15.2 Å². The maximum absolute atomic E-state index is 11.8. The Morgan fingerprint density at radius 2 is 2.24 bits per heavy atom. The molecule has 1 rings (SSSR count). The molecule has 1 heterocycles. The number of carbonyl (C=O) groups excluding carboxylic acids is 1. The molecule has 0 fully saturated rings. The molecule has 0 spiro atoms. The summed E-state index contributed by atoms with van der Waals surface area (Å²) in [5, 5.41) is 4.97. The van der Waals surface area contributed by atoms with Crippen molar-refractivity contribution in [2.75, 3.05) is 26.4 Å². The van der Waals surface area contributed by atoms with Gasteiger partial charge < -0.3 is 16.0 Å². The number of anilines is 1. The average molecular weight is 256 g/mol. The lowest BCUT2D eigenvalue weighted by molar-refractivity contribution is 0.0930. The SMILES string of the molecule is CC(C)C(CNC(=O)c1csc(N)n1)N(C)C. The highest BCUT2D eigenvalue weighted by molar-refractivity contribution is 7.13. The minimum atomic E-state index is -0.162. The van der Waals surface area contributed by atoms with Gasteiger partial charge in [0.1, 0.15) is 5.69 Å². The molecule has 0 saturated heterocycles. The van der Waals surface area contributed by atoms with Crippen molar-refractivity contribution in [2.24, 2.45) is 5.92 Å². The van der Waals surface area contributed by atoms with Crippen LogP contribution in [-0.2, 0) is 0 Å². The zero-order valence-corrected chi connectivity index (χ0v) is 11.5. The Balaban J connectivity index is 2.52. The average Bonchev–Trinajstić information content (AvgIpc) is 2.63. The van der Waals surface area contributed by atoms with E-state index in [0.29, 0.717) is 29.3 Å². The lowest BCUT2D eigenvalue weighted by atomic mass is 10.0. The molecular weight excluding hydrogens is 236 g/mol. The number of hydrogen-bond donors (Lipinski definition) is 2. The number of likely N-dealkylation sites (N-methyl/N-ethyl adjacent to an activating group) is 1. The molecule has 17 heavy (non-hydrogen) atoms. The summed E-state index contributed by atoms with van der Waals surface area (Å²) in [5.41, 5.74) is 5.88. The van der Waals surface area contributed by atoms with E-state index in [9.17, 15) is 4.79 Å². The van der Waals surface area contributed by atoms with Gasteiger partial charge in [-0.3, -0.25) is 4.79 Å². The van der Waals surface area contributed by atoms with E-state index in [1.807, 2.05) is 14.1 Å². The summed E-state index contributed by atoms with van der Waals surface area (Å²) in [5.74, 6) is 0.316. The number of carbonyl (C=O) groups is 1. The summed E-state index contributed by atoms with van der Waals surface area (Å²) in [6.07, 6.45) is 0. The van der Waals surface area contributed by atoms with Gasteiger partial charge in [0.15, 0.2) is 5.13 Å². The van der Waals surface area contributed by atoms with Gasteiger partial charge in [-0.15, -0.1) is 11.3 Å². The molecule has 1 amide bonds. The van der Waals surface area contributed by atoms with E-state index in [-0.39, 0.29) is 5.91 Å². The Morgan fingerprint density at radius 1 is 1.59 bits per heavy atom. The van der Waals surface area contributed by atoms with E-state index in [1.54, 1.807) is 5.38 Å². The molecule has 96 valence electrons. The normalized spacial score (nSPS) is 13.1. The molecule has 0 aromatic carbocycles.